The van der Waals surface area contributed by atoms with Crippen molar-refractivity contribution in [2.24, 2.45) is 7.05 Å². The maximum absolute atomic E-state index is 5.86. The van der Waals surface area contributed by atoms with E-state index in [1.165, 1.54) is 0 Å². The molecule has 0 unspecified atom stereocenters. The Kier molecular flexibility index (Phi) is 3.28. The molecule has 0 amide bonds. The molecule has 0 aliphatic rings. The molecule has 0 radical (unpaired) electrons. The molecule has 0 atom stereocenters. The molecule has 0 aliphatic carbocycles. The third-order valence-electron chi connectivity index (χ3n) is 2.25. The fourth-order valence-electron chi connectivity index (χ4n) is 1.46. The highest BCUT2D eigenvalue weighted by Crippen LogP contribution is 2.18. The normalized spacial score (nSPS) is 11.1. The fourth-order valence-corrected chi connectivity index (χ4v) is 2.21. The minimum atomic E-state index is 0.519. The number of nitrogens with zero attached hydrogens (tertiary/aromatic N) is 4. The monoisotopic (exact) mass is 237 g/mol. The molecule has 0 saturated heterocycles. The molecule has 5 nitrogen and oxygen atoms in total. The number of anilines is 1. The average Bonchev–Trinajstić information content (AvgIpc) is 2.62. The first-order valence-electron chi connectivity index (χ1n) is 5.24. The SMILES string of the molecule is CCCSCc1nc(N)c2cnn(C)c2n1. The van der Waals surface area contributed by atoms with E-state index in [-0.39, 0.29) is 0 Å². The van der Waals surface area contributed by atoms with E-state index in [9.17, 15) is 0 Å². The molecule has 0 aromatic carbocycles. The summed E-state index contributed by atoms with van der Waals surface area (Å²) in [7, 11) is 1.86. The van der Waals surface area contributed by atoms with E-state index < -0.39 is 0 Å². The van der Waals surface area contributed by atoms with Crippen LogP contribution in [0.4, 0.5) is 5.82 Å². The molecule has 2 N–H and O–H groups in total. The standard InChI is InChI=1S/C10H15N5S/c1-3-4-16-6-8-13-9(11)7-5-12-15(2)10(7)14-8/h5H,3-4,6H2,1-2H3,(H2,11,13,14). The van der Waals surface area contributed by atoms with Gasteiger partial charge in [-0.25, -0.2) is 9.97 Å². The molecule has 0 fully saturated rings. The highest BCUT2D eigenvalue weighted by atomic mass is 32.2. The largest absolute Gasteiger partial charge is 0.383 e. The summed E-state index contributed by atoms with van der Waals surface area (Å²) in [4.78, 5) is 8.73. The zero-order valence-electron chi connectivity index (χ0n) is 9.47. The summed E-state index contributed by atoms with van der Waals surface area (Å²) in [6, 6.07) is 0. The molecular formula is C10H15N5S. The maximum atomic E-state index is 5.86. The number of hydrogen-bond acceptors (Lipinski definition) is 5. The number of nitrogen functional groups attached to an aromatic ring is 1. The van der Waals surface area contributed by atoms with Crippen LogP contribution in [-0.4, -0.2) is 25.5 Å². The summed E-state index contributed by atoms with van der Waals surface area (Å²) in [6.45, 7) is 2.16. The number of aromatic nitrogens is 4. The van der Waals surface area contributed by atoms with E-state index in [0.29, 0.717) is 5.82 Å². The zero-order chi connectivity index (χ0) is 11.5. The van der Waals surface area contributed by atoms with E-state index in [1.54, 1.807) is 10.9 Å². The molecule has 0 spiro atoms. The van der Waals surface area contributed by atoms with E-state index >= 15 is 0 Å². The summed E-state index contributed by atoms with van der Waals surface area (Å²) < 4.78 is 1.72. The van der Waals surface area contributed by atoms with Crippen LogP contribution >= 0.6 is 11.8 Å². The molecule has 0 saturated carbocycles. The molecule has 2 aromatic heterocycles. The van der Waals surface area contributed by atoms with Crippen LogP contribution in [0.2, 0.25) is 0 Å². The van der Waals surface area contributed by atoms with E-state index in [1.807, 2.05) is 18.8 Å². The third kappa shape index (κ3) is 2.11. The van der Waals surface area contributed by atoms with E-state index in [4.69, 9.17) is 5.73 Å². The van der Waals surface area contributed by atoms with Crippen molar-refractivity contribution >= 4 is 28.6 Å². The van der Waals surface area contributed by atoms with Gasteiger partial charge < -0.3 is 5.73 Å². The lowest BCUT2D eigenvalue weighted by molar-refractivity contribution is 0.782. The van der Waals surface area contributed by atoms with Crippen molar-refractivity contribution in [2.45, 2.75) is 19.1 Å². The predicted octanol–water partition coefficient (Wildman–Crippen LogP) is 1.59. The Bertz CT molecular complexity index is 493. The summed E-state index contributed by atoms with van der Waals surface area (Å²) in [5.41, 5.74) is 6.67. The van der Waals surface area contributed by atoms with Crippen molar-refractivity contribution in [3.8, 4) is 0 Å². The van der Waals surface area contributed by atoms with Gasteiger partial charge in [-0.2, -0.15) is 16.9 Å². The number of hydrogen-bond donors (Lipinski definition) is 1. The van der Waals surface area contributed by atoms with Crippen molar-refractivity contribution < 1.29 is 0 Å². The lowest BCUT2D eigenvalue weighted by Crippen LogP contribution is -2.01. The van der Waals surface area contributed by atoms with Gasteiger partial charge in [0.05, 0.1) is 17.3 Å². The summed E-state index contributed by atoms with van der Waals surface area (Å²) in [6.07, 6.45) is 2.86. The first kappa shape index (κ1) is 11.2. The van der Waals surface area contributed by atoms with Gasteiger partial charge in [-0.15, -0.1) is 0 Å². The van der Waals surface area contributed by atoms with Crippen molar-refractivity contribution in [3.63, 3.8) is 0 Å². The van der Waals surface area contributed by atoms with Gasteiger partial charge in [-0.05, 0) is 12.2 Å². The Morgan fingerprint density at radius 2 is 2.25 bits per heavy atom. The molecule has 2 aromatic rings. The van der Waals surface area contributed by atoms with Crippen LogP contribution in [0, 0.1) is 0 Å². The zero-order valence-corrected chi connectivity index (χ0v) is 10.3. The Morgan fingerprint density at radius 3 is 3.00 bits per heavy atom. The van der Waals surface area contributed by atoms with Gasteiger partial charge in [0, 0.05) is 7.05 Å². The van der Waals surface area contributed by atoms with E-state index in [0.717, 1.165) is 34.8 Å². The number of rotatable bonds is 4. The highest BCUT2D eigenvalue weighted by molar-refractivity contribution is 7.98. The molecule has 6 heteroatoms. The molecule has 2 rings (SSSR count). The average molecular weight is 237 g/mol. The molecule has 2 heterocycles. The van der Waals surface area contributed by atoms with Crippen LogP contribution in [0.5, 0.6) is 0 Å². The quantitative estimate of drug-likeness (QED) is 0.818. The fraction of sp³-hybridized carbons (Fsp3) is 0.500. The Balaban J connectivity index is 2.29. The Labute approximate surface area is 98.4 Å². The predicted molar refractivity (Wildman–Crippen MR) is 67.2 cm³/mol. The Morgan fingerprint density at radius 1 is 1.44 bits per heavy atom. The number of fused-ring (bicyclic) bond motifs is 1. The topological polar surface area (TPSA) is 69.6 Å². The second-order valence-corrected chi connectivity index (χ2v) is 4.69. The molecule has 0 bridgehead atoms. The van der Waals surface area contributed by atoms with Crippen molar-refractivity contribution in [1.82, 2.24) is 19.7 Å². The number of aryl methyl sites for hydroxylation is 1. The number of nitrogens with two attached hydrogens (primary N) is 1. The minimum absolute atomic E-state index is 0.519. The van der Waals surface area contributed by atoms with Gasteiger partial charge in [0.25, 0.3) is 0 Å². The lowest BCUT2D eigenvalue weighted by atomic mass is 10.4. The van der Waals surface area contributed by atoms with Crippen LogP contribution in [0.3, 0.4) is 0 Å². The summed E-state index contributed by atoms with van der Waals surface area (Å²) in [5.74, 6) is 3.23. The van der Waals surface area contributed by atoms with Crippen LogP contribution in [0.25, 0.3) is 11.0 Å². The first-order valence-corrected chi connectivity index (χ1v) is 6.39. The molecule has 16 heavy (non-hydrogen) atoms. The van der Waals surface area contributed by atoms with Gasteiger partial charge in [0.15, 0.2) is 5.65 Å². The molecular weight excluding hydrogens is 222 g/mol. The van der Waals surface area contributed by atoms with Gasteiger partial charge in [-0.3, -0.25) is 4.68 Å². The van der Waals surface area contributed by atoms with Crippen molar-refractivity contribution in [3.05, 3.63) is 12.0 Å². The Hall–Kier alpha value is -1.30. The van der Waals surface area contributed by atoms with Crippen molar-refractivity contribution in [2.75, 3.05) is 11.5 Å². The lowest BCUT2D eigenvalue weighted by Gasteiger charge is -2.02. The second kappa shape index (κ2) is 4.69. The van der Waals surface area contributed by atoms with Gasteiger partial charge in [0.1, 0.15) is 11.6 Å². The smallest absolute Gasteiger partial charge is 0.163 e. The summed E-state index contributed by atoms with van der Waals surface area (Å²) >= 11 is 1.82. The van der Waals surface area contributed by atoms with Crippen LogP contribution < -0.4 is 5.73 Å². The van der Waals surface area contributed by atoms with Gasteiger partial charge >= 0.3 is 0 Å². The number of thioether (sulfide) groups is 1. The first-order chi connectivity index (χ1) is 7.72. The highest BCUT2D eigenvalue weighted by Gasteiger charge is 2.08. The second-order valence-electron chi connectivity index (χ2n) is 3.58. The van der Waals surface area contributed by atoms with Crippen LogP contribution in [0.1, 0.15) is 19.2 Å². The van der Waals surface area contributed by atoms with E-state index in [2.05, 4.69) is 22.0 Å². The van der Waals surface area contributed by atoms with Gasteiger partial charge in [0.2, 0.25) is 0 Å². The third-order valence-corrected chi connectivity index (χ3v) is 3.41. The van der Waals surface area contributed by atoms with Crippen molar-refractivity contribution in [1.29, 1.82) is 0 Å². The summed E-state index contributed by atoms with van der Waals surface area (Å²) in [5, 5.41) is 4.95. The van der Waals surface area contributed by atoms with Crippen LogP contribution in [-0.2, 0) is 12.8 Å². The molecule has 0 aliphatic heterocycles. The van der Waals surface area contributed by atoms with Crippen LogP contribution in [0.15, 0.2) is 6.20 Å². The minimum Gasteiger partial charge on any atom is -0.383 e. The molecule has 86 valence electrons. The maximum Gasteiger partial charge on any atom is 0.163 e. The van der Waals surface area contributed by atoms with Gasteiger partial charge in [-0.1, -0.05) is 6.92 Å².